The SMILES string of the molecule is COP(C)(=O)O.COP(C)(=O)O.COP(C)(=O)O.COP(C)(=O)O.[Th]. The summed E-state index contributed by atoms with van der Waals surface area (Å²) in [6.07, 6.45) is 0. The van der Waals surface area contributed by atoms with Gasteiger partial charge in [-0.15, -0.1) is 0 Å². The van der Waals surface area contributed by atoms with Crippen LogP contribution in [0, 0.1) is 39.9 Å². The molecule has 0 aromatic heterocycles. The van der Waals surface area contributed by atoms with E-state index in [4.69, 9.17) is 19.6 Å². The Morgan fingerprint density at radius 3 is 0.520 bits per heavy atom. The van der Waals surface area contributed by atoms with Crippen LogP contribution in [0.5, 0.6) is 0 Å². The topological polar surface area (TPSA) is 186 Å². The van der Waals surface area contributed by atoms with Gasteiger partial charge in [0.1, 0.15) is 0 Å². The van der Waals surface area contributed by atoms with E-state index in [1.54, 1.807) is 0 Å². The third-order valence-corrected chi connectivity index (χ3v) is 4.07. The molecule has 0 bridgehead atoms. The first-order valence-corrected chi connectivity index (χ1v) is 13.8. The van der Waals surface area contributed by atoms with Crippen molar-refractivity contribution < 1.29 is 95.9 Å². The van der Waals surface area contributed by atoms with Crippen molar-refractivity contribution in [1.29, 1.82) is 0 Å². The second-order valence-electron chi connectivity index (χ2n) is 3.94. The summed E-state index contributed by atoms with van der Waals surface area (Å²) in [4.78, 5) is 32.6. The van der Waals surface area contributed by atoms with E-state index in [1.165, 1.54) is 28.4 Å². The van der Waals surface area contributed by atoms with Gasteiger partial charge < -0.3 is 37.7 Å². The predicted molar refractivity (Wildman–Crippen MR) is 91.0 cm³/mol. The monoisotopic (exact) mass is 672 g/mol. The van der Waals surface area contributed by atoms with Crippen molar-refractivity contribution in [3.05, 3.63) is 0 Å². The van der Waals surface area contributed by atoms with Crippen LogP contribution in [0.15, 0.2) is 0 Å². The van der Waals surface area contributed by atoms with Crippen LogP contribution in [-0.4, -0.2) is 74.7 Å². The van der Waals surface area contributed by atoms with E-state index < -0.39 is 30.4 Å². The fourth-order valence-corrected chi connectivity index (χ4v) is 0. The maximum Gasteiger partial charge on any atom is 0.324 e. The van der Waals surface area contributed by atoms with Crippen molar-refractivity contribution in [1.82, 2.24) is 0 Å². The van der Waals surface area contributed by atoms with Crippen LogP contribution < -0.4 is 0 Å². The molecule has 4 unspecified atom stereocenters. The second-order valence-corrected chi connectivity index (χ2v) is 11.8. The number of hydrogen-bond donors (Lipinski definition) is 4. The quantitative estimate of drug-likeness (QED) is 0.318. The third-order valence-electron chi connectivity index (χ3n) is 1.36. The Kier molecular flexibility index (Phi) is 27.1. The summed E-state index contributed by atoms with van der Waals surface area (Å²) in [6.45, 7) is 4.53. The number of hydrogen-bond acceptors (Lipinski definition) is 8. The van der Waals surface area contributed by atoms with Crippen molar-refractivity contribution in [3.63, 3.8) is 0 Å². The Bertz CT molecular complexity index is 386. The van der Waals surface area contributed by atoms with E-state index in [2.05, 4.69) is 18.1 Å². The summed E-state index contributed by atoms with van der Waals surface area (Å²) < 4.78 is 55.9. The zero-order valence-corrected chi connectivity index (χ0v) is 23.0. The van der Waals surface area contributed by atoms with Crippen LogP contribution >= 0.6 is 30.4 Å². The average Bonchev–Trinajstić information content (AvgIpc) is 2.37. The van der Waals surface area contributed by atoms with Crippen LogP contribution in [0.25, 0.3) is 0 Å². The summed E-state index contributed by atoms with van der Waals surface area (Å²) in [5.74, 6) is 0. The molecule has 0 aliphatic carbocycles. The molecule has 156 valence electrons. The van der Waals surface area contributed by atoms with Gasteiger partial charge in [-0.05, 0) is 0 Å². The fourth-order valence-electron chi connectivity index (χ4n) is 0. The minimum absolute atomic E-state index is 0. The fraction of sp³-hybridized carbons (Fsp3) is 1.00. The first-order valence-electron chi connectivity index (χ1n) is 5.68. The van der Waals surface area contributed by atoms with Gasteiger partial charge in [-0.1, -0.05) is 0 Å². The molecule has 0 radical (unpaired) electrons. The van der Waals surface area contributed by atoms with Crippen LogP contribution in [0.2, 0.25) is 0 Å². The van der Waals surface area contributed by atoms with Gasteiger partial charge in [0.2, 0.25) is 0 Å². The van der Waals surface area contributed by atoms with Crippen LogP contribution in [0.1, 0.15) is 0 Å². The zero-order chi connectivity index (χ0) is 20.8. The summed E-state index contributed by atoms with van der Waals surface area (Å²) in [5.41, 5.74) is 0. The largest absolute Gasteiger partial charge is 0.324 e. The third kappa shape index (κ3) is 76.5. The number of rotatable bonds is 4. The maximum absolute atomic E-state index is 9.92. The van der Waals surface area contributed by atoms with Gasteiger partial charge in [0, 0.05) is 95.0 Å². The van der Waals surface area contributed by atoms with Gasteiger partial charge in [-0.25, -0.2) is 0 Å². The molecule has 0 aromatic carbocycles. The molecule has 0 aliphatic heterocycles. The van der Waals surface area contributed by atoms with Gasteiger partial charge in [0.15, 0.2) is 0 Å². The molecule has 0 saturated heterocycles. The summed E-state index contributed by atoms with van der Waals surface area (Å²) in [5, 5.41) is 0. The molecule has 0 aliphatic rings. The van der Waals surface area contributed by atoms with Crippen molar-refractivity contribution >= 4 is 30.4 Å². The van der Waals surface area contributed by atoms with E-state index in [1.807, 2.05) is 0 Å². The molecule has 0 amide bonds. The molecule has 0 rings (SSSR count). The van der Waals surface area contributed by atoms with Gasteiger partial charge in [0.05, 0.1) is 0 Å². The summed E-state index contributed by atoms with van der Waals surface area (Å²) in [7, 11) is -7.81. The van der Waals surface area contributed by atoms with Crippen LogP contribution in [0.3, 0.4) is 0 Å². The van der Waals surface area contributed by atoms with Gasteiger partial charge >= 0.3 is 30.4 Å². The standard InChI is InChI=1S/4C2H7O3P.Th/c4*1-5-6(2,3)4;/h4*1-2H3,(H,3,4);. The summed E-state index contributed by atoms with van der Waals surface area (Å²) >= 11 is 0. The van der Waals surface area contributed by atoms with Crippen LogP contribution in [0.4, 0.5) is 0 Å². The van der Waals surface area contributed by atoms with E-state index in [0.29, 0.717) is 0 Å². The molecule has 0 aromatic rings. The van der Waals surface area contributed by atoms with E-state index in [-0.39, 0.29) is 39.9 Å². The van der Waals surface area contributed by atoms with Gasteiger partial charge in [-0.3, -0.25) is 18.3 Å². The molecule has 0 fully saturated rings. The minimum atomic E-state index is -3.15. The minimum Gasteiger partial charge on any atom is -0.324 e. The molecule has 0 heterocycles. The van der Waals surface area contributed by atoms with Crippen LogP contribution in [-0.2, 0) is 36.4 Å². The van der Waals surface area contributed by atoms with Crippen molar-refractivity contribution in [2.45, 2.75) is 0 Å². The Morgan fingerprint density at radius 2 is 0.520 bits per heavy atom. The van der Waals surface area contributed by atoms with Crippen molar-refractivity contribution in [2.75, 3.05) is 55.1 Å². The molecular formula is C8H28O12P4Th. The second kappa shape index (κ2) is 18.0. The smallest absolute Gasteiger partial charge is 0.324 e. The molecule has 25 heavy (non-hydrogen) atoms. The zero-order valence-electron chi connectivity index (χ0n) is 15.3. The Hall–Kier alpha value is 1.92. The van der Waals surface area contributed by atoms with Crippen molar-refractivity contribution in [3.8, 4) is 0 Å². The van der Waals surface area contributed by atoms with Crippen molar-refractivity contribution in [2.24, 2.45) is 0 Å². The molecule has 4 N–H and O–H groups in total. The average molecular weight is 672 g/mol. The Balaban J connectivity index is -0.0000000702. The molecule has 4 atom stereocenters. The molecule has 17 heteroatoms. The molecule has 12 nitrogen and oxygen atoms in total. The molecule has 0 saturated carbocycles. The Labute approximate surface area is 180 Å². The van der Waals surface area contributed by atoms with E-state index >= 15 is 0 Å². The Morgan fingerprint density at radius 1 is 0.480 bits per heavy atom. The predicted octanol–water partition coefficient (Wildman–Crippen LogP) is 1.79. The summed E-state index contributed by atoms with van der Waals surface area (Å²) in [6, 6.07) is 0. The first kappa shape index (κ1) is 37.6. The van der Waals surface area contributed by atoms with E-state index in [9.17, 15) is 18.3 Å². The first-order chi connectivity index (χ1) is 10.2. The van der Waals surface area contributed by atoms with E-state index in [0.717, 1.165) is 26.7 Å². The van der Waals surface area contributed by atoms with Gasteiger partial charge in [-0.2, -0.15) is 0 Å². The normalized spacial score (nSPS) is 19.0. The molecular weight excluding hydrogens is 644 g/mol. The molecule has 0 spiro atoms. The van der Waals surface area contributed by atoms with Gasteiger partial charge in [0.25, 0.3) is 0 Å². The maximum atomic E-state index is 9.92.